The van der Waals surface area contributed by atoms with Crippen LogP contribution >= 0.6 is 0 Å². The Morgan fingerprint density at radius 2 is 2.08 bits per heavy atom. The third-order valence-corrected chi connectivity index (χ3v) is 1.60. The van der Waals surface area contributed by atoms with E-state index in [0.29, 0.717) is 13.0 Å². The van der Waals surface area contributed by atoms with Crippen molar-refractivity contribution in [2.24, 2.45) is 4.99 Å². The number of hydrogen-bond donors (Lipinski definition) is 0. The second-order valence-corrected chi connectivity index (χ2v) is 2.95. The van der Waals surface area contributed by atoms with Gasteiger partial charge in [0.2, 0.25) is 0 Å². The Labute approximate surface area is 80.2 Å². The van der Waals surface area contributed by atoms with Crippen LogP contribution in [0, 0.1) is 0 Å². The third kappa shape index (κ3) is 7.50. The first-order chi connectivity index (χ1) is 6.20. The van der Waals surface area contributed by atoms with Crippen LogP contribution in [-0.4, -0.2) is 24.8 Å². The number of ether oxygens (including phenoxy) is 1. The SMILES string of the molecule is CCCCN=C(C)CC(=O)OCC. The minimum Gasteiger partial charge on any atom is -0.466 e. The highest BCUT2D eigenvalue weighted by atomic mass is 16.5. The van der Waals surface area contributed by atoms with Gasteiger partial charge in [-0.05, 0) is 20.3 Å². The summed E-state index contributed by atoms with van der Waals surface area (Å²) in [6.45, 7) is 7.06. The van der Waals surface area contributed by atoms with Gasteiger partial charge < -0.3 is 4.74 Å². The fourth-order valence-corrected chi connectivity index (χ4v) is 0.905. The molecule has 0 unspecified atom stereocenters. The molecule has 0 N–H and O–H groups in total. The first-order valence-electron chi connectivity index (χ1n) is 4.86. The number of nitrogens with zero attached hydrogens (tertiary/aromatic N) is 1. The Morgan fingerprint density at radius 3 is 2.62 bits per heavy atom. The van der Waals surface area contributed by atoms with Crippen molar-refractivity contribution in [3.63, 3.8) is 0 Å². The average Bonchev–Trinajstić information content (AvgIpc) is 2.05. The molecule has 76 valence electrons. The molecule has 3 nitrogen and oxygen atoms in total. The summed E-state index contributed by atoms with van der Waals surface area (Å²) in [5, 5.41) is 0. The predicted molar refractivity (Wildman–Crippen MR) is 54.1 cm³/mol. The number of rotatable bonds is 6. The van der Waals surface area contributed by atoms with Gasteiger partial charge in [-0.2, -0.15) is 0 Å². The molecule has 0 aromatic heterocycles. The molecule has 0 atom stereocenters. The Kier molecular flexibility index (Phi) is 7.26. The molecule has 0 fully saturated rings. The quantitative estimate of drug-likeness (QED) is 0.361. The molecule has 0 aromatic rings. The van der Waals surface area contributed by atoms with Crippen molar-refractivity contribution >= 4 is 11.7 Å². The summed E-state index contributed by atoms with van der Waals surface area (Å²) in [6, 6.07) is 0. The van der Waals surface area contributed by atoms with E-state index in [-0.39, 0.29) is 5.97 Å². The van der Waals surface area contributed by atoms with Crippen LogP contribution in [0.25, 0.3) is 0 Å². The normalized spacial score (nSPS) is 11.5. The molecule has 0 aliphatic carbocycles. The number of esters is 1. The second kappa shape index (κ2) is 7.77. The topological polar surface area (TPSA) is 38.7 Å². The standard InChI is InChI=1S/C10H19NO2/c1-4-6-7-11-9(3)8-10(12)13-5-2/h4-8H2,1-3H3. The van der Waals surface area contributed by atoms with Gasteiger partial charge >= 0.3 is 5.97 Å². The van der Waals surface area contributed by atoms with E-state index in [1.165, 1.54) is 0 Å². The Bertz CT molecular complexity index is 176. The maximum Gasteiger partial charge on any atom is 0.311 e. The summed E-state index contributed by atoms with van der Waals surface area (Å²) in [5.74, 6) is -0.180. The van der Waals surface area contributed by atoms with Crippen molar-refractivity contribution in [1.82, 2.24) is 0 Å². The van der Waals surface area contributed by atoms with Crippen LogP contribution in [0.3, 0.4) is 0 Å². The van der Waals surface area contributed by atoms with Crippen LogP contribution in [0.1, 0.15) is 40.0 Å². The van der Waals surface area contributed by atoms with Gasteiger partial charge in [0.25, 0.3) is 0 Å². The van der Waals surface area contributed by atoms with Crippen LogP contribution in [0.15, 0.2) is 4.99 Å². The molecular weight excluding hydrogens is 166 g/mol. The first-order valence-corrected chi connectivity index (χ1v) is 4.86. The molecule has 0 aliphatic heterocycles. The lowest BCUT2D eigenvalue weighted by Crippen LogP contribution is -2.09. The summed E-state index contributed by atoms with van der Waals surface area (Å²) in [4.78, 5) is 15.2. The van der Waals surface area contributed by atoms with E-state index in [1.807, 2.05) is 13.8 Å². The van der Waals surface area contributed by atoms with Crippen molar-refractivity contribution in [3.8, 4) is 0 Å². The first kappa shape index (κ1) is 12.1. The molecule has 0 aliphatic rings. The molecular formula is C10H19NO2. The minimum absolute atomic E-state index is 0.180. The number of hydrogen-bond acceptors (Lipinski definition) is 3. The maximum atomic E-state index is 11.0. The molecule has 0 heterocycles. The summed E-state index contributed by atoms with van der Waals surface area (Å²) in [7, 11) is 0. The minimum atomic E-state index is -0.180. The molecule has 0 rings (SSSR count). The van der Waals surface area contributed by atoms with E-state index >= 15 is 0 Å². The molecule has 0 bridgehead atoms. The lowest BCUT2D eigenvalue weighted by atomic mass is 10.3. The molecule has 0 saturated heterocycles. The largest absolute Gasteiger partial charge is 0.466 e. The van der Waals surface area contributed by atoms with Crippen LogP contribution in [-0.2, 0) is 9.53 Å². The fourth-order valence-electron chi connectivity index (χ4n) is 0.905. The van der Waals surface area contributed by atoms with Gasteiger partial charge in [-0.25, -0.2) is 0 Å². The zero-order valence-corrected chi connectivity index (χ0v) is 8.80. The summed E-state index contributed by atoms with van der Waals surface area (Å²) in [6.07, 6.45) is 2.55. The van der Waals surface area contributed by atoms with E-state index in [1.54, 1.807) is 0 Å². The summed E-state index contributed by atoms with van der Waals surface area (Å²) >= 11 is 0. The highest BCUT2D eigenvalue weighted by Crippen LogP contribution is 1.93. The number of carbonyl (C=O) groups excluding carboxylic acids is 1. The molecule has 0 amide bonds. The Morgan fingerprint density at radius 1 is 1.38 bits per heavy atom. The number of carbonyl (C=O) groups is 1. The van der Waals surface area contributed by atoms with Gasteiger partial charge in [-0.1, -0.05) is 13.3 Å². The lowest BCUT2D eigenvalue weighted by molar-refractivity contribution is -0.141. The van der Waals surface area contributed by atoms with Gasteiger partial charge in [-0.15, -0.1) is 0 Å². The smallest absolute Gasteiger partial charge is 0.311 e. The van der Waals surface area contributed by atoms with Crippen LogP contribution in [0.4, 0.5) is 0 Å². The van der Waals surface area contributed by atoms with Crippen molar-refractivity contribution in [1.29, 1.82) is 0 Å². The van der Waals surface area contributed by atoms with Gasteiger partial charge in [-0.3, -0.25) is 9.79 Å². The maximum absolute atomic E-state index is 11.0. The fraction of sp³-hybridized carbons (Fsp3) is 0.800. The Hall–Kier alpha value is -0.860. The Balaban J connectivity index is 3.64. The van der Waals surface area contributed by atoms with Gasteiger partial charge in [0, 0.05) is 12.3 Å². The molecule has 0 aromatic carbocycles. The highest BCUT2D eigenvalue weighted by molar-refractivity contribution is 5.97. The number of aliphatic imine (C=N–C) groups is 1. The predicted octanol–water partition coefficient (Wildman–Crippen LogP) is 2.20. The van der Waals surface area contributed by atoms with Crippen LogP contribution < -0.4 is 0 Å². The molecule has 0 saturated carbocycles. The van der Waals surface area contributed by atoms with E-state index in [4.69, 9.17) is 4.74 Å². The summed E-state index contributed by atoms with van der Waals surface area (Å²) < 4.78 is 4.80. The van der Waals surface area contributed by atoms with E-state index in [2.05, 4.69) is 11.9 Å². The van der Waals surface area contributed by atoms with Crippen LogP contribution in [0.5, 0.6) is 0 Å². The zero-order valence-electron chi connectivity index (χ0n) is 8.80. The molecule has 3 heteroatoms. The van der Waals surface area contributed by atoms with E-state index < -0.39 is 0 Å². The van der Waals surface area contributed by atoms with Crippen molar-refractivity contribution in [2.75, 3.05) is 13.2 Å². The second-order valence-electron chi connectivity index (χ2n) is 2.95. The van der Waals surface area contributed by atoms with Gasteiger partial charge in [0.1, 0.15) is 0 Å². The molecule has 0 radical (unpaired) electrons. The van der Waals surface area contributed by atoms with Crippen LogP contribution in [0.2, 0.25) is 0 Å². The van der Waals surface area contributed by atoms with E-state index in [9.17, 15) is 4.79 Å². The van der Waals surface area contributed by atoms with E-state index in [0.717, 1.165) is 25.1 Å². The van der Waals surface area contributed by atoms with Gasteiger partial charge in [0.15, 0.2) is 0 Å². The van der Waals surface area contributed by atoms with Gasteiger partial charge in [0.05, 0.1) is 13.0 Å². The van der Waals surface area contributed by atoms with Crippen molar-refractivity contribution < 1.29 is 9.53 Å². The third-order valence-electron chi connectivity index (χ3n) is 1.60. The molecule has 0 spiro atoms. The zero-order chi connectivity index (χ0) is 10.1. The lowest BCUT2D eigenvalue weighted by Gasteiger charge is -2.01. The summed E-state index contributed by atoms with van der Waals surface area (Å²) in [5.41, 5.74) is 0.868. The highest BCUT2D eigenvalue weighted by Gasteiger charge is 2.02. The number of unbranched alkanes of at least 4 members (excludes halogenated alkanes) is 1. The van der Waals surface area contributed by atoms with Crippen molar-refractivity contribution in [2.45, 2.75) is 40.0 Å². The monoisotopic (exact) mass is 185 g/mol. The molecule has 13 heavy (non-hydrogen) atoms. The van der Waals surface area contributed by atoms with Crippen molar-refractivity contribution in [3.05, 3.63) is 0 Å². The average molecular weight is 185 g/mol.